The van der Waals surface area contributed by atoms with Crippen LogP contribution in [-0.4, -0.2) is 4.98 Å². The van der Waals surface area contributed by atoms with E-state index in [0.29, 0.717) is 0 Å². The van der Waals surface area contributed by atoms with Crippen molar-refractivity contribution in [1.82, 2.24) is 4.98 Å². The molecule has 1 N–H and O–H groups in total. The molecule has 0 saturated carbocycles. The number of rotatable bonds is 7. The van der Waals surface area contributed by atoms with Crippen LogP contribution in [0.2, 0.25) is 0 Å². The minimum absolute atomic E-state index is 1.13. The molecule has 0 bridgehead atoms. The quantitative estimate of drug-likeness (QED) is 0.186. The lowest BCUT2D eigenvalue weighted by Gasteiger charge is -2.11. The van der Waals surface area contributed by atoms with Crippen molar-refractivity contribution in [2.24, 2.45) is 0 Å². The second kappa shape index (κ2) is 12.4. The van der Waals surface area contributed by atoms with Gasteiger partial charge in [0.15, 0.2) is 0 Å². The molecule has 218 valence electrons. The fourth-order valence-corrected chi connectivity index (χ4v) is 7.44. The first kappa shape index (κ1) is 27.8. The Balaban J connectivity index is 1.13. The highest BCUT2D eigenvalue weighted by Gasteiger charge is 2.18. The minimum atomic E-state index is 1.13. The number of H-pyrrole nitrogens is 1. The summed E-state index contributed by atoms with van der Waals surface area (Å²) >= 11 is 1.82. The van der Waals surface area contributed by atoms with Crippen molar-refractivity contribution in [2.75, 3.05) is 0 Å². The Morgan fingerprint density at radius 1 is 0.326 bits per heavy atom. The van der Waals surface area contributed by atoms with Crippen LogP contribution in [0.4, 0.5) is 0 Å². The van der Waals surface area contributed by atoms with E-state index >= 15 is 0 Å². The summed E-state index contributed by atoms with van der Waals surface area (Å²) in [5.41, 5.74) is 15.8. The van der Waals surface area contributed by atoms with Gasteiger partial charge in [-0.15, -0.1) is 11.3 Å². The second-order valence-electron chi connectivity index (χ2n) is 11.4. The van der Waals surface area contributed by atoms with Crippen LogP contribution in [0, 0.1) is 0 Å². The molecule has 1 nitrogen and oxygen atoms in total. The van der Waals surface area contributed by atoms with Crippen LogP contribution in [0.3, 0.4) is 0 Å². The average Bonchev–Trinajstić information content (AvgIpc) is 3.79. The summed E-state index contributed by atoms with van der Waals surface area (Å²) < 4.78 is 0. The zero-order chi connectivity index (χ0) is 30.7. The third kappa shape index (κ3) is 5.30. The van der Waals surface area contributed by atoms with E-state index in [9.17, 15) is 0 Å². The van der Waals surface area contributed by atoms with E-state index in [4.69, 9.17) is 0 Å². The summed E-state index contributed by atoms with van der Waals surface area (Å²) in [7, 11) is 0. The predicted molar refractivity (Wildman–Crippen MR) is 197 cm³/mol. The van der Waals surface area contributed by atoms with Gasteiger partial charge in [-0.05, 0) is 49.9 Å². The largest absolute Gasteiger partial charge is 0.360 e. The average molecular weight is 606 g/mol. The second-order valence-corrected chi connectivity index (χ2v) is 12.3. The smallest absolute Gasteiger partial charge is 0.0540 e. The SMILES string of the molecule is c1ccc(-c2c[nH]c(-c3ccc(-c4ccc(-c5scc(-c6ccccc6)c5-c5ccccc5)cc4)cc3)c2-c2ccccc2)cc1. The summed E-state index contributed by atoms with van der Waals surface area (Å²) in [4.78, 5) is 4.90. The molecule has 2 aromatic heterocycles. The van der Waals surface area contributed by atoms with Crippen molar-refractivity contribution in [3.63, 3.8) is 0 Å². The molecule has 2 heterocycles. The Kier molecular flexibility index (Phi) is 7.47. The number of hydrogen-bond donors (Lipinski definition) is 1. The summed E-state index contributed by atoms with van der Waals surface area (Å²) in [6.45, 7) is 0. The molecule has 6 aromatic carbocycles. The molecule has 0 aliphatic heterocycles. The first-order valence-corrected chi connectivity index (χ1v) is 16.5. The third-order valence-electron chi connectivity index (χ3n) is 8.62. The fraction of sp³-hybridized carbons (Fsp3) is 0. The molecule has 0 spiro atoms. The number of thiophene rings is 1. The maximum Gasteiger partial charge on any atom is 0.0540 e. The van der Waals surface area contributed by atoms with E-state index in [1.807, 2.05) is 11.3 Å². The van der Waals surface area contributed by atoms with Crippen LogP contribution in [-0.2, 0) is 0 Å². The first-order chi connectivity index (χ1) is 22.8. The maximum absolute atomic E-state index is 3.61. The van der Waals surface area contributed by atoms with Gasteiger partial charge in [0, 0.05) is 33.3 Å². The molecular formula is C44H31NS. The fourth-order valence-electron chi connectivity index (χ4n) is 6.34. The molecule has 0 unspecified atom stereocenters. The van der Waals surface area contributed by atoms with Crippen molar-refractivity contribution in [3.05, 3.63) is 181 Å². The van der Waals surface area contributed by atoms with Crippen LogP contribution in [0.1, 0.15) is 0 Å². The maximum atomic E-state index is 3.61. The van der Waals surface area contributed by atoms with Gasteiger partial charge >= 0.3 is 0 Å². The van der Waals surface area contributed by atoms with Crippen LogP contribution in [0.25, 0.3) is 77.3 Å². The van der Waals surface area contributed by atoms with Crippen LogP contribution < -0.4 is 0 Å². The number of aromatic nitrogens is 1. The number of benzene rings is 6. The monoisotopic (exact) mass is 605 g/mol. The summed E-state index contributed by atoms with van der Waals surface area (Å²) in [5.74, 6) is 0. The topological polar surface area (TPSA) is 15.8 Å². The van der Waals surface area contributed by atoms with Crippen molar-refractivity contribution >= 4 is 11.3 Å². The van der Waals surface area contributed by atoms with Gasteiger partial charge in [-0.2, -0.15) is 0 Å². The van der Waals surface area contributed by atoms with Crippen LogP contribution >= 0.6 is 11.3 Å². The van der Waals surface area contributed by atoms with Crippen molar-refractivity contribution in [1.29, 1.82) is 0 Å². The van der Waals surface area contributed by atoms with E-state index in [0.717, 1.165) is 5.69 Å². The molecule has 0 aliphatic rings. The van der Waals surface area contributed by atoms with Gasteiger partial charge < -0.3 is 4.98 Å². The number of aromatic amines is 1. The van der Waals surface area contributed by atoms with Crippen LogP contribution in [0.5, 0.6) is 0 Å². The van der Waals surface area contributed by atoms with Crippen molar-refractivity contribution < 1.29 is 0 Å². The van der Waals surface area contributed by atoms with Crippen molar-refractivity contribution in [3.8, 4) is 77.3 Å². The molecule has 0 saturated heterocycles. The highest BCUT2D eigenvalue weighted by Crippen LogP contribution is 2.45. The third-order valence-corrected chi connectivity index (χ3v) is 9.65. The van der Waals surface area contributed by atoms with Gasteiger partial charge in [-0.1, -0.05) is 170 Å². The Hall–Kier alpha value is -5.70. The Morgan fingerprint density at radius 2 is 0.739 bits per heavy atom. The molecule has 46 heavy (non-hydrogen) atoms. The molecule has 0 fully saturated rings. The van der Waals surface area contributed by atoms with Crippen molar-refractivity contribution in [2.45, 2.75) is 0 Å². The van der Waals surface area contributed by atoms with Gasteiger partial charge in [0.25, 0.3) is 0 Å². The Bertz CT molecular complexity index is 2030. The van der Waals surface area contributed by atoms with Gasteiger partial charge in [0.05, 0.1) is 5.69 Å². The predicted octanol–water partition coefficient (Wildman–Crippen LogP) is 12.7. The minimum Gasteiger partial charge on any atom is -0.360 e. The summed E-state index contributed by atoms with van der Waals surface area (Å²) in [6, 6.07) is 60.7. The molecular weight excluding hydrogens is 575 g/mol. The van der Waals surface area contributed by atoms with E-state index in [2.05, 4.69) is 186 Å². The lowest BCUT2D eigenvalue weighted by atomic mass is 9.93. The molecule has 0 aliphatic carbocycles. The first-order valence-electron chi connectivity index (χ1n) is 15.6. The van der Waals surface area contributed by atoms with Crippen LogP contribution in [0.15, 0.2) is 181 Å². The lowest BCUT2D eigenvalue weighted by molar-refractivity contribution is 1.40. The molecule has 0 atom stereocenters. The summed E-state index contributed by atoms with van der Waals surface area (Å²) in [6.07, 6.45) is 2.14. The Morgan fingerprint density at radius 3 is 1.26 bits per heavy atom. The van der Waals surface area contributed by atoms with E-state index in [-0.39, 0.29) is 0 Å². The van der Waals surface area contributed by atoms with Gasteiger partial charge in [0.2, 0.25) is 0 Å². The zero-order valence-corrected chi connectivity index (χ0v) is 26.0. The molecule has 8 aromatic rings. The molecule has 8 rings (SSSR count). The highest BCUT2D eigenvalue weighted by molar-refractivity contribution is 7.14. The zero-order valence-electron chi connectivity index (χ0n) is 25.2. The van der Waals surface area contributed by atoms with E-state index in [1.54, 1.807) is 0 Å². The van der Waals surface area contributed by atoms with Gasteiger partial charge in [0.1, 0.15) is 0 Å². The van der Waals surface area contributed by atoms with Gasteiger partial charge in [-0.25, -0.2) is 0 Å². The molecule has 2 heteroatoms. The van der Waals surface area contributed by atoms with E-state index < -0.39 is 0 Å². The lowest BCUT2D eigenvalue weighted by Crippen LogP contribution is -1.86. The highest BCUT2D eigenvalue weighted by atomic mass is 32.1. The Labute approximate surface area is 274 Å². The van der Waals surface area contributed by atoms with E-state index in [1.165, 1.54) is 71.6 Å². The summed E-state index contributed by atoms with van der Waals surface area (Å²) in [5, 5.41) is 2.30. The standard InChI is InChI=1S/C44H31NS/c1-5-13-33(14-6-1)39-29-45-43(41(39)35-17-9-3-10-18-35)37-25-21-31(22-26-37)32-23-27-38(28-24-32)44-42(36-19-11-4-12-20-36)40(30-46-44)34-15-7-2-8-16-34/h1-30,45H. The molecule has 0 radical (unpaired) electrons. The number of hydrogen-bond acceptors (Lipinski definition) is 1. The molecule has 0 amide bonds. The number of nitrogens with one attached hydrogen (secondary N) is 1. The van der Waals surface area contributed by atoms with Gasteiger partial charge in [-0.3, -0.25) is 0 Å². The normalized spacial score (nSPS) is 11.0.